The molecule has 122 valence electrons. The van der Waals surface area contributed by atoms with Gasteiger partial charge in [-0.3, -0.25) is 0 Å². The van der Waals surface area contributed by atoms with Gasteiger partial charge in [-0.25, -0.2) is 0 Å². The molecule has 1 aromatic rings. The summed E-state index contributed by atoms with van der Waals surface area (Å²) in [7, 11) is 0. The topological polar surface area (TPSA) is 57.2 Å². The zero-order valence-corrected chi connectivity index (χ0v) is 13.1. The molecule has 2 aliphatic rings. The van der Waals surface area contributed by atoms with Gasteiger partial charge in [0.2, 0.25) is 0 Å². The molecular formula is C17H24O5. The lowest BCUT2D eigenvalue weighted by atomic mass is 9.95. The first-order valence-electron chi connectivity index (χ1n) is 7.83. The maximum atomic E-state index is 9.48. The van der Waals surface area contributed by atoms with E-state index in [0.29, 0.717) is 13.2 Å². The Morgan fingerprint density at radius 2 is 1.95 bits per heavy atom. The van der Waals surface area contributed by atoms with E-state index in [9.17, 15) is 5.11 Å². The molecule has 0 radical (unpaired) electrons. The predicted molar refractivity (Wildman–Crippen MR) is 80.0 cm³/mol. The number of aliphatic hydroxyl groups is 1. The average Bonchev–Trinajstić information content (AvgIpc) is 2.96. The van der Waals surface area contributed by atoms with Crippen molar-refractivity contribution in [2.24, 2.45) is 5.92 Å². The lowest BCUT2D eigenvalue weighted by molar-refractivity contribution is -0.214. The molecule has 2 aliphatic heterocycles. The summed E-state index contributed by atoms with van der Waals surface area (Å²) in [6, 6.07) is 10.1. The summed E-state index contributed by atoms with van der Waals surface area (Å²) in [4.78, 5) is 0. The van der Waals surface area contributed by atoms with Gasteiger partial charge in [0.25, 0.3) is 0 Å². The number of hydrogen-bond acceptors (Lipinski definition) is 5. The largest absolute Gasteiger partial charge is 0.394 e. The maximum absolute atomic E-state index is 9.48. The molecule has 2 saturated heterocycles. The summed E-state index contributed by atoms with van der Waals surface area (Å²) in [5.41, 5.74) is 1.16. The highest BCUT2D eigenvalue weighted by Crippen LogP contribution is 2.41. The summed E-state index contributed by atoms with van der Waals surface area (Å²) in [5.74, 6) is -0.536. The van der Waals surface area contributed by atoms with Crippen LogP contribution in [0.2, 0.25) is 0 Å². The fraction of sp³-hybridized carbons (Fsp3) is 0.647. The van der Waals surface area contributed by atoms with Crippen molar-refractivity contribution in [2.45, 2.75) is 51.2 Å². The lowest BCUT2D eigenvalue weighted by Gasteiger charge is -2.24. The van der Waals surface area contributed by atoms with E-state index < -0.39 is 5.79 Å². The van der Waals surface area contributed by atoms with E-state index in [1.807, 2.05) is 44.2 Å². The third-order valence-corrected chi connectivity index (χ3v) is 4.18. The summed E-state index contributed by atoms with van der Waals surface area (Å²) < 4.78 is 23.1. The fourth-order valence-electron chi connectivity index (χ4n) is 3.15. The normalized spacial score (nSPS) is 33.0. The minimum Gasteiger partial charge on any atom is -0.394 e. The van der Waals surface area contributed by atoms with Crippen LogP contribution in [-0.2, 0) is 25.6 Å². The van der Waals surface area contributed by atoms with Crippen molar-refractivity contribution in [1.29, 1.82) is 0 Å². The van der Waals surface area contributed by atoms with Gasteiger partial charge in [-0.15, -0.1) is 0 Å². The number of ether oxygens (including phenoxy) is 4. The van der Waals surface area contributed by atoms with Gasteiger partial charge in [0.1, 0.15) is 6.10 Å². The van der Waals surface area contributed by atoms with Crippen molar-refractivity contribution in [3.8, 4) is 0 Å². The molecule has 2 fully saturated rings. The first-order chi connectivity index (χ1) is 10.6. The molecule has 1 aromatic carbocycles. The second-order valence-corrected chi connectivity index (χ2v) is 6.32. The third kappa shape index (κ3) is 3.50. The van der Waals surface area contributed by atoms with Crippen LogP contribution in [0, 0.1) is 5.92 Å². The van der Waals surface area contributed by atoms with Crippen LogP contribution in [0.15, 0.2) is 30.3 Å². The monoisotopic (exact) mass is 308 g/mol. The molecule has 3 rings (SSSR count). The van der Waals surface area contributed by atoms with E-state index >= 15 is 0 Å². The van der Waals surface area contributed by atoms with E-state index in [2.05, 4.69) is 0 Å². The Bertz CT molecular complexity index is 475. The number of benzene rings is 1. The van der Waals surface area contributed by atoms with Crippen molar-refractivity contribution >= 4 is 0 Å². The highest BCUT2D eigenvalue weighted by atomic mass is 16.8. The van der Waals surface area contributed by atoms with Crippen molar-refractivity contribution in [3.63, 3.8) is 0 Å². The summed E-state index contributed by atoms with van der Waals surface area (Å²) in [5, 5.41) is 9.48. The third-order valence-electron chi connectivity index (χ3n) is 4.18. The molecule has 0 amide bonds. The molecule has 0 aromatic heterocycles. The van der Waals surface area contributed by atoms with Crippen LogP contribution < -0.4 is 0 Å². The van der Waals surface area contributed by atoms with Crippen LogP contribution in [0.4, 0.5) is 0 Å². The first-order valence-corrected chi connectivity index (χ1v) is 7.83. The van der Waals surface area contributed by atoms with E-state index in [1.54, 1.807) is 0 Å². The first kappa shape index (κ1) is 15.9. The zero-order valence-electron chi connectivity index (χ0n) is 13.1. The molecule has 5 heteroatoms. The smallest absolute Gasteiger partial charge is 0.187 e. The Morgan fingerprint density at radius 3 is 2.68 bits per heavy atom. The van der Waals surface area contributed by atoms with Crippen molar-refractivity contribution < 1.29 is 24.1 Å². The molecule has 0 saturated carbocycles. The minimum absolute atomic E-state index is 0.0243. The number of fused-ring (bicyclic) bond motifs is 1. The summed E-state index contributed by atoms with van der Waals surface area (Å²) >= 11 is 0. The fourth-order valence-corrected chi connectivity index (χ4v) is 3.15. The van der Waals surface area contributed by atoms with Gasteiger partial charge in [0, 0.05) is 12.5 Å². The molecular weight excluding hydrogens is 284 g/mol. The van der Waals surface area contributed by atoms with Gasteiger partial charge < -0.3 is 24.1 Å². The molecule has 0 spiro atoms. The molecule has 0 bridgehead atoms. The van der Waals surface area contributed by atoms with Crippen molar-refractivity contribution in [2.75, 3.05) is 13.2 Å². The average molecular weight is 308 g/mol. The quantitative estimate of drug-likeness (QED) is 0.815. The Morgan fingerprint density at radius 1 is 1.18 bits per heavy atom. The predicted octanol–water partition coefficient (Wildman–Crippen LogP) is 2.08. The molecule has 2 heterocycles. The Balaban J connectivity index is 1.50. The highest BCUT2D eigenvalue weighted by Gasteiger charge is 2.53. The summed E-state index contributed by atoms with van der Waals surface area (Å²) in [6.45, 7) is 4.93. The van der Waals surface area contributed by atoms with E-state index in [4.69, 9.17) is 18.9 Å². The highest BCUT2D eigenvalue weighted by molar-refractivity contribution is 5.13. The second kappa shape index (κ2) is 6.64. The molecule has 1 N–H and O–H groups in total. The summed E-state index contributed by atoms with van der Waals surface area (Å²) in [6.07, 6.45) is 0.0174. The standard InChI is InChI=1S/C17H24O5/c1-17(2)21-15-13(14(10-18)20-16(15)22-17)8-9-19-11-12-6-4-3-5-7-12/h3-7,13-16,18H,8-11H2,1-2H3/t13-,14+,15?,16+/m0/s1. The molecule has 5 nitrogen and oxygen atoms in total. The van der Waals surface area contributed by atoms with E-state index in [-0.39, 0.29) is 31.0 Å². The SMILES string of the molecule is CC1(C)OC2[C@H](O[C@H](CO)[C@@H]2CCOCc2ccccc2)O1. The number of hydrogen-bond donors (Lipinski definition) is 1. The van der Waals surface area contributed by atoms with Crippen LogP contribution in [0.5, 0.6) is 0 Å². The van der Waals surface area contributed by atoms with Gasteiger partial charge in [-0.05, 0) is 25.8 Å². The maximum Gasteiger partial charge on any atom is 0.187 e. The van der Waals surface area contributed by atoms with Gasteiger partial charge in [0.05, 0.1) is 19.3 Å². The van der Waals surface area contributed by atoms with Gasteiger partial charge in [-0.1, -0.05) is 30.3 Å². The van der Waals surface area contributed by atoms with Crippen LogP contribution in [0.25, 0.3) is 0 Å². The molecule has 4 atom stereocenters. The van der Waals surface area contributed by atoms with Crippen LogP contribution in [0.1, 0.15) is 25.8 Å². The van der Waals surface area contributed by atoms with Crippen molar-refractivity contribution in [3.05, 3.63) is 35.9 Å². The molecule has 1 unspecified atom stereocenters. The van der Waals surface area contributed by atoms with Crippen LogP contribution in [-0.4, -0.2) is 42.6 Å². The second-order valence-electron chi connectivity index (χ2n) is 6.32. The Hall–Kier alpha value is -0.980. The van der Waals surface area contributed by atoms with E-state index in [1.165, 1.54) is 0 Å². The minimum atomic E-state index is -0.626. The zero-order chi connectivity index (χ0) is 15.6. The van der Waals surface area contributed by atoms with Crippen molar-refractivity contribution in [1.82, 2.24) is 0 Å². The van der Waals surface area contributed by atoms with Gasteiger partial charge in [-0.2, -0.15) is 0 Å². The Kier molecular flexibility index (Phi) is 4.80. The molecule has 22 heavy (non-hydrogen) atoms. The van der Waals surface area contributed by atoms with E-state index in [0.717, 1.165) is 12.0 Å². The Labute approximate surface area is 131 Å². The van der Waals surface area contributed by atoms with Gasteiger partial charge >= 0.3 is 0 Å². The molecule has 0 aliphatic carbocycles. The van der Waals surface area contributed by atoms with Crippen LogP contribution in [0.3, 0.4) is 0 Å². The van der Waals surface area contributed by atoms with Crippen LogP contribution >= 0.6 is 0 Å². The number of rotatable bonds is 6. The van der Waals surface area contributed by atoms with Gasteiger partial charge in [0.15, 0.2) is 12.1 Å². The lowest BCUT2D eigenvalue weighted by Crippen LogP contribution is -2.32. The number of aliphatic hydroxyl groups excluding tert-OH is 1.